The van der Waals surface area contributed by atoms with Gasteiger partial charge in [-0.3, -0.25) is 9.69 Å². The molecule has 6 rings (SSSR count). The van der Waals surface area contributed by atoms with Crippen molar-refractivity contribution in [3.05, 3.63) is 71.8 Å². The predicted molar refractivity (Wildman–Crippen MR) is 173 cm³/mol. The summed E-state index contributed by atoms with van der Waals surface area (Å²) in [4.78, 5) is 21.0. The summed E-state index contributed by atoms with van der Waals surface area (Å²) in [6.45, 7) is 14.5. The SMILES string of the molecule is CC(C)N1CCN(CCCOc2cc(C(=O)N3CC[C@H](C)Nc4ccccc43)ccc2-c2ccc3c(c2)CCN3)CC1. The van der Waals surface area contributed by atoms with E-state index >= 15 is 0 Å². The molecule has 3 aliphatic heterocycles. The van der Waals surface area contributed by atoms with Crippen LogP contribution in [-0.4, -0.2) is 80.2 Å². The molecule has 0 bridgehead atoms. The van der Waals surface area contributed by atoms with Crippen LogP contribution in [0.15, 0.2) is 60.7 Å². The first-order valence-electron chi connectivity index (χ1n) is 15.7. The number of para-hydroxylation sites is 2. The van der Waals surface area contributed by atoms with Crippen LogP contribution in [-0.2, 0) is 6.42 Å². The van der Waals surface area contributed by atoms with Crippen LogP contribution in [0.25, 0.3) is 11.1 Å². The fourth-order valence-electron chi connectivity index (χ4n) is 6.44. The number of amides is 1. The summed E-state index contributed by atoms with van der Waals surface area (Å²) < 4.78 is 6.51. The molecule has 222 valence electrons. The van der Waals surface area contributed by atoms with Gasteiger partial charge < -0.3 is 25.2 Å². The number of hydrogen-bond donors (Lipinski definition) is 2. The molecular weight excluding hydrogens is 522 g/mol. The summed E-state index contributed by atoms with van der Waals surface area (Å²) in [7, 11) is 0. The summed E-state index contributed by atoms with van der Waals surface area (Å²) in [6.07, 6.45) is 2.87. The summed E-state index contributed by atoms with van der Waals surface area (Å²) in [6, 6.07) is 21.6. The van der Waals surface area contributed by atoms with E-state index in [1.165, 1.54) is 11.3 Å². The maximum atomic E-state index is 14.0. The third kappa shape index (κ3) is 6.27. The maximum Gasteiger partial charge on any atom is 0.258 e. The van der Waals surface area contributed by atoms with Crippen LogP contribution in [0.1, 0.15) is 49.5 Å². The zero-order chi connectivity index (χ0) is 29.1. The molecule has 3 aliphatic rings. The molecule has 0 aromatic heterocycles. The number of piperazine rings is 1. The molecular formula is C35H45N5O2. The Labute approximate surface area is 250 Å². The molecule has 1 saturated heterocycles. The standard InChI is InChI=1S/C35H45N5O2/c1-25(2)39-20-18-38(19-21-39)16-6-22-42-34-24-29(9-11-30(34)27-10-12-31-28(23-27)13-15-36-31)35(41)40-17-14-26(3)37-32-7-4-5-8-33(32)40/h4-5,7-12,23-26,36-37H,6,13-22H2,1-3H3/t26-/m0/s1. The molecule has 0 aliphatic carbocycles. The van der Waals surface area contributed by atoms with Crippen LogP contribution < -0.4 is 20.3 Å². The Hall–Kier alpha value is -3.55. The van der Waals surface area contributed by atoms with E-state index < -0.39 is 0 Å². The minimum atomic E-state index is 0.0101. The molecule has 2 N–H and O–H groups in total. The zero-order valence-corrected chi connectivity index (χ0v) is 25.4. The highest BCUT2D eigenvalue weighted by Gasteiger charge is 2.25. The van der Waals surface area contributed by atoms with Gasteiger partial charge in [0.2, 0.25) is 0 Å². The molecule has 3 heterocycles. The van der Waals surface area contributed by atoms with Crippen LogP contribution in [0.5, 0.6) is 5.75 Å². The lowest BCUT2D eigenvalue weighted by molar-refractivity contribution is 0.0986. The van der Waals surface area contributed by atoms with Gasteiger partial charge >= 0.3 is 0 Å². The van der Waals surface area contributed by atoms with E-state index in [9.17, 15) is 4.79 Å². The molecule has 0 spiro atoms. The largest absolute Gasteiger partial charge is 0.493 e. The Morgan fingerprint density at radius 3 is 2.64 bits per heavy atom. The quantitative estimate of drug-likeness (QED) is 0.327. The van der Waals surface area contributed by atoms with Gasteiger partial charge in [0, 0.05) is 74.7 Å². The molecule has 1 fully saturated rings. The Morgan fingerprint density at radius 2 is 1.81 bits per heavy atom. The van der Waals surface area contributed by atoms with Gasteiger partial charge in [-0.05, 0) is 93.6 Å². The van der Waals surface area contributed by atoms with E-state index in [0.717, 1.165) is 86.8 Å². The van der Waals surface area contributed by atoms with E-state index in [1.54, 1.807) is 0 Å². The summed E-state index contributed by atoms with van der Waals surface area (Å²) in [5, 5.41) is 7.02. The van der Waals surface area contributed by atoms with E-state index in [0.29, 0.717) is 30.8 Å². The number of anilines is 3. The lowest BCUT2D eigenvalue weighted by Gasteiger charge is -2.36. The first-order chi connectivity index (χ1) is 20.5. The summed E-state index contributed by atoms with van der Waals surface area (Å²) >= 11 is 0. The number of carbonyl (C=O) groups is 1. The van der Waals surface area contributed by atoms with Crippen LogP contribution in [0.2, 0.25) is 0 Å². The van der Waals surface area contributed by atoms with Gasteiger partial charge in [0.15, 0.2) is 0 Å². The third-order valence-electron chi connectivity index (χ3n) is 9.00. The number of fused-ring (bicyclic) bond motifs is 2. The van der Waals surface area contributed by atoms with Crippen molar-refractivity contribution in [1.82, 2.24) is 9.80 Å². The fourth-order valence-corrected chi connectivity index (χ4v) is 6.44. The predicted octanol–water partition coefficient (Wildman–Crippen LogP) is 5.97. The van der Waals surface area contributed by atoms with E-state index in [1.807, 2.05) is 35.2 Å². The second-order valence-electron chi connectivity index (χ2n) is 12.2. The topological polar surface area (TPSA) is 60.1 Å². The van der Waals surface area contributed by atoms with Gasteiger partial charge in [-0.15, -0.1) is 0 Å². The van der Waals surface area contributed by atoms with Gasteiger partial charge in [-0.1, -0.05) is 18.2 Å². The second kappa shape index (κ2) is 12.8. The highest BCUT2D eigenvalue weighted by Crippen LogP contribution is 2.36. The van der Waals surface area contributed by atoms with Crippen molar-refractivity contribution in [3.8, 4) is 16.9 Å². The van der Waals surface area contributed by atoms with Gasteiger partial charge in [0.05, 0.1) is 18.0 Å². The van der Waals surface area contributed by atoms with Crippen molar-refractivity contribution in [3.63, 3.8) is 0 Å². The van der Waals surface area contributed by atoms with Gasteiger partial charge in [-0.2, -0.15) is 0 Å². The molecule has 3 aromatic rings. The average molecular weight is 568 g/mol. The lowest BCUT2D eigenvalue weighted by Crippen LogP contribution is -2.49. The van der Waals surface area contributed by atoms with Crippen LogP contribution in [0.4, 0.5) is 17.1 Å². The average Bonchev–Trinajstić information content (AvgIpc) is 3.41. The molecule has 0 unspecified atom stereocenters. The molecule has 42 heavy (non-hydrogen) atoms. The number of carbonyl (C=O) groups excluding carboxylic acids is 1. The van der Waals surface area contributed by atoms with Gasteiger partial charge in [-0.25, -0.2) is 0 Å². The number of benzene rings is 3. The zero-order valence-electron chi connectivity index (χ0n) is 25.4. The van der Waals surface area contributed by atoms with Crippen LogP contribution in [0.3, 0.4) is 0 Å². The molecule has 1 atom stereocenters. The maximum absolute atomic E-state index is 14.0. The number of rotatable bonds is 8. The Bertz CT molecular complexity index is 1400. The minimum absolute atomic E-state index is 0.0101. The number of nitrogens with zero attached hydrogens (tertiary/aromatic N) is 3. The van der Waals surface area contributed by atoms with Crippen molar-refractivity contribution in [1.29, 1.82) is 0 Å². The van der Waals surface area contributed by atoms with E-state index in [-0.39, 0.29) is 5.91 Å². The van der Waals surface area contributed by atoms with Crippen LogP contribution in [0, 0.1) is 0 Å². The summed E-state index contributed by atoms with van der Waals surface area (Å²) in [5.41, 5.74) is 7.32. The Morgan fingerprint density at radius 1 is 0.976 bits per heavy atom. The van der Waals surface area contributed by atoms with Gasteiger partial charge in [0.1, 0.15) is 5.75 Å². The molecule has 1 amide bonds. The molecule has 3 aromatic carbocycles. The molecule has 7 nitrogen and oxygen atoms in total. The third-order valence-corrected chi connectivity index (χ3v) is 9.00. The van der Waals surface area contributed by atoms with Crippen molar-refractivity contribution in [2.75, 3.05) is 68.0 Å². The normalized spacial score (nSPS) is 19.0. The second-order valence-corrected chi connectivity index (χ2v) is 12.2. The first kappa shape index (κ1) is 28.6. The number of ether oxygens (including phenoxy) is 1. The van der Waals surface area contributed by atoms with E-state index in [2.05, 4.69) is 71.5 Å². The summed E-state index contributed by atoms with van der Waals surface area (Å²) in [5.74, 6) is 0.793. The lowest BCUT2D eigenvalue weighted by atomic mass is 9.99. The molecule has 0 radical (unpaired) electrons. The van der Waals surface area contributed by atoms with Crippen LogP contribution >= 0.6 is 0 Å². The molecule has 7 heteroatoms. The van der Waals surface area contributed by atoms with E-state index in [4.69, 9.17) is 4.74 Å². The molecule has 0 saturated carbocycles. The number of hydrogen-bond acceptors (Lipinski definition) is 6. The smallest absolute Gasteiger partial charge is 0.258 e. The Kier molecular flexibility index (Phi) is 8.68. The number of nitrogens with one attached hydrogen (secondary N) is 2. The Balaban J connectivity index is 1.21. The van der Waals surface area contributed by atoms with Crippen molar-refractivity contribution in [2.45, 2.75) is 52.1 Å². The monoisotopic (exact) mass is 567 g/mol. The highest BCUT2D eigenvalue weighted by atomic mass is 16.5. The highest BCUT2D eigenvalue weighted by molar-refractivity contribution is 6.08. The first-order valence-corrected chi connectivity index (χ1v) is 15.7. The minimum Gasteiger partial charge on any atom is -0.493 e. The van der Waals surface area contributed by atoms with Crippen molar-refractivity contribution in [2.24, 2.45) is 0 Å². The van der Waals surface area contributed by atoms with Crippen molar-refractivity contribution >= 4 is 23.0 Å². The van der Waals surface area contributed by atoms with Gasteiger partial charge in [0.25, 0.3) is 5.91 Å². The fraction of sp³-hybridized carbons (Fsp3) is 0.457. The van der Waals surface area contributed by atoms with Crippen molar-refractivity contribution < 1.29 is 9.53 Å².